The molecule has 2 aliphatic heterocycles. The maximum Gasteiger partial charge on any atom is 0.244 e. The number of aromatic nitrogens is 10. The standard InChI is InChI=1S/C33H46N6O4Si.C27H37N5O2Si.C6H10ClNO2/c1-22-10-11-23-26(16-22)39(20-28(41)38-12-14-42-15-13-38)36-29(23)25-18-34-31-30(35-25)24(19-37(31)7)27(40)17-33(5,6)21-43-44(8,9)32(2,3)4;1-17-10-11-18-20(12-17)30-31-23(18)21-14-28-25-24(29-21)19(15-32(25)7)22(33)13-27(5,6)16-34-35(8,9)26(2,3)4;7-5-6(9)8-1-3-10-4-2-8/h10-11,16,18-19H,12-15,17,20-21H2,1-9H3;10-12,14-15H,13,16H2,1-9H3,(H,30,31);1-5H2. The minimum absolute atomic E-state index is 0.00313. The first-order chi connectivity index (χ1) is 41.6. The van der Waals surface area contributed by atoms with Crippen molar-refractivity contribution in [1.82, 2.24) is 58.8 Å². The zero-order chi connectivity index (χ0) is 65.2. The van der Waals surface area contributed by atoms with E-state index in [2.05, 4.69) is 123 Å². The molecule has 1 N–H and O–H groups in total. The Morgan fingerprint density at radius 2 is 1.06 bits per heavy atom. The van der Waals surface area contributed by atoms with E-state index < -0.39 is 16.6 Å². The van der Waals surface area contributed by atoms with Crippen molar-refractivity contribution in [3.8, 4) is 22.8 Å². The van der Waals surface area contributed by atoms with Crippen molar-refractivity contribution in [2.45, 2.75) is 139 Å². The number of H-pyrrole nitrogens is 1. The van der Waals surface area contributed by atoms with Crippen LogP contribution in [-0.2, 0) is 48.6 Å². The average molecular weight is 1270 g/mol. The van der Waals surface area contributed by atoms with Gasteiger partial charge in [-0.1, -0.05) is 93.5 Å². The topological polar surface area (TPSA) is 220 Å². The molecule has 0 saturated carbocycles. The Kier molecular flexibility index (Phi) is 20.8. The molecule has 8 aromatic rings. The molecule has 2 aromatic carbocycles. The number of alkyl halides is 1. The minimum atomic E-state index is -1.95. The number of aromatic amines is 1. The molecule has 8 heterocycles. The van der Waals surface area contributed by atoms with Crippen LogP contribution in [0.25, 0.3) is 66.9 Å². The third-order valence-corrected chi connectivity index (χ3v) is 26.9. The van der Waals surface area contributed by atoms with E-state index >= 15 is 0 Å². The summed E-state index contributed by atoms with van der Waals surface area (Å²) < 4.78 is 28.9. The number of nitrogens with zero attached hydrogens (tertiary/aromatic N) is 11. The lowest BCUT2D eigenvalue weighted by molar-refractivity contribution is -0.136. The van der Waals surface area contributed by atoms with Crippen molar-refractivity contribution in [3.63, 3.8) is 0 Å². The fourth-order valence-electron chi connectivity index (χ4n) is 10.1. The molecular formula is C66H93ClN12O8Si2. The lowest BCUT2D eigenvalue weighted by Crippen LogP contribution is -2.43. The first-order valence-electron chi connectivity index (χ1n) is 30.8. The average Bonchev–Trinajstić information content (AvgIpc) is 1.87. The number of rotatable bonds is 17. The van der Waals surface area contributed by atoms with Gasteiger partial charge in [0.25, 0.3) is 0 Å². The molecule has 20 nitrogen and oxygen atoms in total. The van der Waals surface area contributed by atoms with Crippen molar-refractivity contribution in [2.24, 2.45) is 24.9 Å². The summed E-state index contributed by atoms with van der Waals surface area (Å²) in [5.41, 5.74) is 9.58. The number of nitrogens with one attached hydrogen (secondary N) is 1. The van der Waals surface area contributed by atoms with Crippen molar-refractivity contribution in [1.29, 1.82) is 0 Å². The van der Waals surface area contributed by atoms with Gasteiger partial charge in [-0.2, -0.15) is 10.2 Å². The number of Topliss-reactive ketones (excluding diaryl/α,β-unsaturated/α-hetero) is 2. The highest BCUT2D eigenvalue weighted by molar-refractivity contribution is 6.74. The predicted octanol–water partition coefficient (Wildman–Crippen LogP) is 12.3. The van der Waals surface area contributed by atoms with E-state index in [1.165, 1.54) is 0 Å². The number of aryl methyl sites for hydroxylation is 4. The van der Waals surface area contributed by atoms with Gasteiger partial charge < -0.3 is 37.3 Å². The zero-order valence-electron chi connectivity index (χ0n) is 55.7. The van der Waals surface area contributed by atoms with Crippen LogP contribution in [0.5, 0.6) is 0 Å². The molecule has 0 unspecified atom stereocenters. The van der Waals surface area contributed by atoms with Crippen molar-refractivity contribution in [3.05, 3.63) is 83.4 Å². The van der Waals surface area contributed by atoms with Crippen LogP contribution in [0.2, 0.25) is 36.3 Å². The molecule has 0 atom stereocenters. The van der Waals surface area contributed by atoms with Crippen LogP contribution in [-0.4, -0.2) is 171 Å². The van der Waals surface area contributed by atoms with Crippen LogP contribution < -0.4 is 0 Å². The summed E-state index contributed by atoms with van der Waals surface area (Å²) in [5.74, 6) is 0.148. The number of amides is 2. The summed E-state index contributed by atoms with van der Waals surface area (Å²) in [6.45, 7) is 40.8. The first kappa shape index (κ1) is 68.4. The fourth-order valence-corrected chi connectivity index (χ4v) is 12.7. The van der Waals surface area contributed by atoms with Crippen LogP contribution in [0.3, 0.4) is 0 Å². The van der Waals surface area contributed by atoms with Gasteiger partial charge in [-0.25, -0.2) is 19.9 Å². The number of hydrogen-bond donors (Lipinski definition) is 1. The molecule has 480 valence electrons. The molecule has 0 bridgehead atoms. The van der Waals surface area contributed by atoms with E-state index in [-0.39, 0.29) is 56.7 Å². The molecule has 2 amide bonds. The smallest absolute Gasteiger partial charge is 0.244 e. The number of fused-ring (bicyclic) bond motifs is 4. The summed E-state index contributed by atoms with van der Waals surface area (Å²) in [7, 11) is -0.0739. The third-order valence-electron chi connectivity index (χ3n) is 17.7. The van der Waals surface area contributed by atoms with Gasteiger partial charge in [-0.15, -0.1) is 11.6 Å². The Hall–Kier alpha value is -6.54. The molecule has 2 fully saturated rings. The van der Waals surface area contributed by atoms with E-state index in [1.807, 2.05) is 78.6 Å². The lowest BCUT2D eigenvalue weighted by atomic mass is 9.87. The highest BCUT2D eigenvalue weighted by Gasteiger charge is 2.41. The number of morpholine rings is 2. The Morgan fingerprint density at radius 1 is 0.618 bits per heavy atom. The molecule has 0 spiro atoms. The number of carbonyl (C=O) groups excluding carboxylic acids is 4. The van der Waals surface area contributed by atoms with Gasteiger partial charge in [0.05, 0.1) is 61.0 Å². The molecule has 6 aromatic heterocycles. The van der Waals surface area contributed by atoms with Gasteiger partial charge in [-0.3, -0.25) is 29.0 Å². The molecule has 23 heteroatoms. The maximum absolute atomic E-state index is 13.8. The number of hydrogen-bond acceptors (Lipinski definition) is 14. The summed E-state index contributed by atoms with van der Waals surface area (Å²) in [6.07, 6.45) is 7.78. The van der Waals surface area contributed by atoms with Gasteiger partial charge in [0.2, 0.25) is 11.8 Å². The summed E-state index contributed by atoms with van der Waals surface area (Å²) >= 11 is 5.35. The van der Waals surface area contributed by atoms with Crippen LogP contribution in [0.15, 0.2) is 61.2 Å². The number of carbonyl (C=O) groups is 4. The van der Waals surface area contributed by atoms with Gasteiger partial charge in [-0.05, 0) is 84.2 Å². The van der Waals surface area contributed by atoms with E-state index in [0.717, 1.165) is 38.6 Å². The molecule has 0 radical (unpaired) electrons. The summed E-state index contributed by atoms with van der Waals surface area (Å²) in [4.78, 5) is 74.1. The number of benzene rings is 2. The molecule has 2 saturated heterocycles. The SMILES string of the molecule is Cc1ccc2c(-c3cnc4c(n3)c(C(=O)CC(C)(C)CO[Si](C)(C)C(C)(C)C)cn4C)n[nH]c2c1.Cc1ccc2c(-c3cnc4c(n3)c(C(=O)CC(C)(C)CO[Si](C)(C)C(C)(C)C)cn4C)nn(CC(=O)N3CCOCC3)c2c1.O=C(CCl)N1CCOCC1. The monoisotopic (exact) mass is 1270 g/mol. The van der Waals surface area contributed by atoms with Crippen LogP contribution in [0.4, 0.5) is 0 Å². The van der Waals surface area contributed by atoms with E-state index in [9.17, 15) is 19.2 Å². The number of ether oxygens (including phenoxy) is 2. The first-order valence-corrected chi connectivity index (χ1v) is 37.1. The zero-order valence-corrected chi connectivity index (χ0v) is 58.5. The van der Waals surface area contributed by atoms with Gasteiger partial charge >= 0.3 is 0 Å². The second-order valence-corrected chi connectivity index (χ2v) is 38.4. The molecule has 2 aliphatic rings. The largest absolute Gasteiger partial charge is 0.416 e. The van der Waals surface area contributed by atoms with E-state index in [0.29, 0.717) is 129 Å². The van der Waals surface area contributed by atoms with E-state index in [4.69, 9.17) is 50.0 Å². The highest BCUT2D eigenvalue weighted by atomic mass is 35.5. The second-order valence-electron chi connectivity index (χ2n) is 28.6. The Labute approximate surface area is 531 Å². The fraction of sp³-hybridized carbons (Fsp3) is 0.545. The highest BCUT2D eigenvalue weighted by Crippen LogP contribution is 2.40. The van der Waals surface area contributed by atoms with Crippen LogP contribution in [0.1, 0.15) is 114 Å². The molecule has 0 aliphatic carbocycles. The van der Waals surface area contributed by atoms with Crippen LogP contribution >= 0.6 is 11.6 Å². The minimum Gasteiger partial charge on any atom is -0.416 e. The van der Waals surface area contributed by atoms with Crippen LogP contribution in [0, 0.1) is 24.7 Å². The van der Waals surface area contributed by atoms with Crippen molar-refractivity contribution in [2.75, 3.05) is 71.7 Å². The molecule has 89 heavy (non-hydrogen) atoms. The second kappa shape index (κ2) is 27.1. The quantitative estimate of drug-likeness (QED) is 0.0509. The Balaban J connectivity index is 0.000000202. The number of halogens is 1. The lowest BCUT2D eigenvalue weighted by Gasteiger charge is -2.39. The number of ketones is 2. The van der Waals surface area contributed by atoms with Gasteiger partial charge in [0, 0.05) is 89.5 Å². The van der Waals surface area contributed by atoms with Gasteiger partial charge in [0.15, 0.2) is 39.5 Å². The summed E-state index contributed by atoms with van der Waals surface area (Å²) in [6, 6.07) is 12.2. The third kappa shape index (κ3) is 16.2. The predicted molar refractivity (Wildman–Crippen MR) is 358 cm³/mol. The van der Waals surface area contributed by atoms with Crippen molar-refractivity contribution >= 4 is 95.8 Å². The van der Waals surface area contributed by atoms with Gasteiger partial charge in [0.1, 0.15) is 46.2 Å². The summed E-state index contributed by atoms with van der Waals surface area (Å²) in [5, 5.41) is 14.5. The maximum atomic E-state index is 13.8. The normalized spacial score (nSPS) is 14.7. The Bertz CT molecular complexity index is 3870. The molecule has 10 rings (SSSR count). The van der Waals surface area contributed by atoms with Crippen molar-refractivity contribution < 1.29 is 37.5 Å². The Morgan fingerprint density at radius 3 is 1.52 bits per heavy atom. The molecular weight excluding hydrogens is 1180 g/mol. The van der Waals surface area contributed by atoms with E-state index in [1.54, 1.807) is 22.0 Å².